The zero-order valence-corrected chi connectivity index (χ0v) is 19.2. The SMILES string of the molecule is Nc1cc(N)c(-c2ccc3ccc4cccnc4c3n2)cc1-c1ccc2ccc3cccnc3c2n1. The van der Waals surface area contributed by atoms with Gasteiger partial charge in [-0.25, -0.2) is 9.97 Å². The van der Waals surface area contributed by atoms with Crippen molar-refractivity contribution in [1.82, 2.24) is 19.9 Å². The van der Waals surface area contributed by atoms with Crippen molar-refractivity contribution in [2.45, 2.75) is 0 Å². The first-order valence-electron chi connectivity index (χ1n) is 11.6. The summed E-state index contributed by atoms with van der Waals surface area (Å²) in [6.45, 7) is 0. The fourth-order valence-corrected chi connectivity index (χ4v) is 4.83. The number of benzene rings is 3. The lowest BCUT2D eigenvalue weighted by molar-refractivity contribution is 1.36. The molecule has 0 aliphatic heterocycles. The number of rotatable bonds is 2. The monoisotopic (exact) mass is 464 g/mol. The van der Waals surface area contributed by atoms with Crippen molar-refractivity contribution in [2.75, 3.05) is 11.5 Å². The van der Waals surface area contributed by atoms with Gasteiger partial charge in [0.05, 0.1) is 33.5 Å². The molecule has 0 aliphatic rings. The zero-order valence-electron chi connectivity index (χ0n) is 19.2. The lowest BCUT2D eigenvalue weighted by Crippen LogP contribution is -1.99. The average molecular weight is 465 g/mol. The third kappa shape index (κ3) is 3.12. The predicted molar refractivity (Wildman–Crippen MR) is 147 cm³/mol. The molecule has 0 bridgehead atoms. The van der Waals surface area contributed by atoms with Crippen LogP contribution >= 0.6 is 0 Å². The normalized spacial score (nSPS) is 11.6. The molecule has 36 heavy (non-hydrogen) atoms. The Morgan fingerprint density at radius 1 is 0.444 bits per heavy atom. The number of pyridine rings is 4. The fraction of sp³-hybridized carbons (Fsp3) is 0. The van der Waals surface area contributed by atoms with Crippen LogP contribution in [0.3, 0.4) is 0 Å². The van der Waals surface area contributed by atoms with Crippen molar-refractivity contribution in [3.8, 4) is 22.5 Å². The number of aromatic nitrogens is 4. The Balaban J connectivity index is 1.43. The van der Waals surface area contributed by atoms with E-state index in [2.05, 4.69) is 34.2 Å². The molecule has 0 unspecified atom stereocenters. The molecule has 0 fully saturated rings. The zero-order chi connectivity index (χ0) is 24.2. The highest BCUT2D eigenvalue weighted by atomic mass is 14.8. The molecule has 0 radical (unpaired) electrons. The van der Waals surface area contributed by atoms with Crippen LogP contribution < -0.4 is 11.5 Å². The number of nitrogens with two attached hydrogens (primary N) is 2. The van der Waals surface area contributed by atoms with Crippen molar-refractivity contribution in [2.24, 2.45) is 0 Å². The molecular weight excluding hydrogens is 444 g/mol. The highest BCUT2D eigenvalue weighted by Gasteiger charge is 2.14. The molecule has 3 aromatic carbocycles. The molecule has 7 rings (SSSR count). The quantitative estimate of drug-likeness (QED) is 0.227. The van der Waals surface area contributed by atoms with Gasteiger partial charge in [-0.2, -0.15) is 0 Å². The molecule has 6 nitrogen and oxygen atoms in total. The molecule has 0 spiro atoms. The van der Waals surface area contributed by atoms with E-state index in [1.807, 2.05) is 54.6 Å². The van der Waals surface area contributed by atoms with Gasteiger partial charge in [0, 0.05) is 56.4 Å². The number of nitrogen functional groups attached to an aromatic ring is 2. The van der Waals surface area contributed by atoms with Crippen LogP contribution in [-0.2, 0) is 0 Å². The number of anilines is 2. The van der Waals surface area contributed by atoms with E-state index < -0.39 is 0 Å². The summed E-state index contributed by atoms with van der Waals surface area (Å²) in [5.74, 6) is 0. The second kappa shape index (κ2) is 7.71. The average Bonchev–Trinajstić information content (AvgIpc) is 2.92. The number of hydrogen-bond acceptors (Lipinski definition) is 6. The van der Waals surface area contributed by atoms with E-state index in [4.69, 9.17) is 21.4 Å². The third-order valence-corrected chi connectivity index (χ3v) is 6.64. The van der Waals surface area contributed by atoms with Crippen molar-refractivity contribution in [3.63, 3.8) is 0 Å². The summed E-state index contributed by atoms with van der Waals surface area (Å²) < 4.78 is 0. The second-order valence-corrected chi connectivity index (χ2v) is 8.84. The fourth-order valence-electron chi connectivity index (χ4n) is 4.83. The standard InChI is InChI=1S/C30H20N6/c31-23-16-24(32)22(26-12-10-20-8-6-18-4-2-14-34-28(18)30(20)36-26)15-21(23)25-11-9-19-7-5-17-3-1-13-33-27(17)29(19)35-25/h1-16H,31-32H2. The topological polar surface area (TPSA) is 104 Å². The van der Waals surface area contributed by atoms with Crippen LogP contribution in [0.1, 0.15) is 0 Å². The molecule has 170 valence electrons. The Kier molecular flexibility index (Phi) is 4.35. The Morgan fingerprint density at radius 3 is 1.33 bits per heavy atom. The minimum atomic E-state index is 0.559. The molecule has 0 saturated heterocycles. The maximum Gasteiger partial charge on any atom is 0.0972 e. The molecule has 0 aliphatic carbocycles. The molecular formula is C30H20N6. The van der Waals surface area contributed by atoms with Crippen LogP contribution in [0, 0.1) is 0 Å². The summed E-state index contributed by atoms with van der Waals surface area (Å²) >= 11 is 0. The van der Waals surface area contributed by atoms with E-state index in [1.54, 1.807) is 18.5 Å². The van der Waals surface area contributed by atoms with Gasteiger partial charge in [0.15, 0.2) is 0 Å². The largest absolute Gasteiger partial charge is 0.398 e. The van der Waals surface area contributed by atoms with E-state index in [1.165, 1.54) is 0 Å². The van der Waals surface area contributed by atoms with E-state index in [-0.39, 0.29) is 0 Å². The van der Waals surface area contributed by atoms with E-state index in [0.29, 0.717) is 11.4 Å². The molecule has 0 amide bonds. The Morgan fingerprint density at radius 2 is 0.861 bits per heavy atom. The summed E-state index contributed by atoms with van der Waals surface area (Å²) in [4.78, 5) is 19.1. The molecule has 4 N–H and O–H groups in total. The molecule has 4 aromatic heterocycles. The van der Waals surface area contributed by atoms with Gasteiger partial charge in [-0.15, -0.1) is 0 Å². The van der Waals surface area contributed by atoms with Crippen molar-refractivity contribution in [3.05, 3.63) is 97.3 Å². The summed E-state index contributed by atoms with van der Waals surface area (Å²) in [7, 11) is 0. The summed E-state index contributed by atoms with van der Waals surface area (Å²) in [6.07, 6.45) is 3.57. The van der Waals surface area contributed by atoms with Gasteiger partial charge in [-0.3, -0.25) is 9.97 Å². The van der Waals surface area contributed by atoms with Gasteiger partial charge in [0.2, 0.25) is 0 Å². The van der Waals surface area contributed by atoms with Crippen LogP contribution in [0.25, 0.3) is 66.1 Å². The highest BCUT2D eigenvalue weighted by Crippen LogP contribution is 2.36. The summed E-state index contributed by atoms with van der Waals surface area (Å²) in [6, 6.07) is 28.0. The first kappa shape index (κ1) is 20.3. The first-order chi connectivity index (χ1) is 17.7. The van der Waals surface area contributed by atoms with Gasteiger partial charge in [-0.1, -0.05) is 48.5 Å². The summed E-state index contributed by atoms with van der Waals surface area (Å²) in [5, 5.41) is 4.13. The van der Waals surface area contributed by atoms with Gasteiger partial charge in [0.25, 0.3) is 0 Å². The predicted octanol–water partition coefficient (Wildman–Crippen LogP) is 6.38. The van der Waals surface area contributed by atoms with Crippen molar-refractivity contribution in [1.29, 1.82) is 0 Å². The lowest BCUT2D eigenvalue weighted by Gasteiger charge is -2.13. The minimum Gasteiger partial charge on any atom is -0.398 e. The molecule has 7 aromatic rings. The van der Waals surface area contributed by atoms with Crippen LogP contribution in [0.2, 0.25) is 0 Å². The van der Waals surface area contributed by atoms with Crippen LogP contribution in [0.15, 0.2) is 97.3 Å². The first-order valence-corrected chi connectivity index (χ1v) is 11.6. The van der Waals surface area contributed by atoms with Gasteiger partial charge >= 0.3 is 0 Å². The molecule has 0 atom stereocenters. The minimum absolute atomic E-state index is 0.559. The Labute approximate surface area is 206 Å². The second-order valence-electron chi connectivity index (χ2n) is 8.84. The van der Waals surface area contributed by atoms with E-state index in [0.717, 1.165) is 66.1 Å². The number of hydrogen-bond donors (Lipinski definition) is 2. The Hall–Kier alpha value is -5.10. The highest BCUT2D eigenvalue weighted by molar-refractivity contribution is 6.05. The maximum absolute atomic E-state index is 6.46. The van der Waals surface area contributed by atoms with E-state index >= 15 is 0 Å². The van der Waals surface area contributed by atoms with Gasteiger partial charge in [-0.05, 0) is 36.4 Å². The van der Waals surface area contributed by atoms with Gasteiger partial charge < -0.3 is 11.5 Å². The van der Waals surface area contributed by atoms with Crippen LogP contribution in [-0.4, -0.2) is 19.9 Å². The number of fused-ring (bicyclic) bond motifs is 6. The lowest BCUT2D eigenvalue weighted by atomic mass is 9.99. The van der Waals surface area contributed by atoms with E-state index in [9.17, 15) is 0 Å². The smallest absolute Gasteiger partial charge is 0.0972 e. The van der Waals surface area contributed by atoms with Gasteiger partial charge in [0.1, 0.15) is 0 Å². The molecule has 4 heterocycles. The molecule has 6 heteroatoms. The Bertz CT molecular complexity index is 1840. The molecule has 0 saturated carbocycles. The van der Waals surface area contributed by atoms with Crippen LogP contribution in [0.4, 0.5) is 11.4 Å². The third-order valence-electron chi connectivity index (χ3n) is 6.64. The maximum atomic E-state index is 6.46. The van der Waals surface area contributed by atoms with Crippen LogP contribution in [0.5, 0.6) is 0 Å². The van der Waals surface area contributed by atoms with Crippen molar-refractivity contribution < 1.29 is 0 Å². The number of nitrogens with zero attached hydrogens (tertiary/aromatic N) is 4. The van der Waals surface area contributed by atoms with Crippen molar-refractivity contribution >= 4 is 55.0 Å². The summed E-state index contributed by atoms with van der Waals surface area (Å²) in [5.41, 5.74) is 20.5.